The molecule has 0 aliphatic heterocycles. The zero-order chi connectivity index (χ0) is 9.26. The number of nitrogen functional groups attached to an aromatic ring is 1. The van der Waals surface area contributed by atoms with Crippen LogP contribution in [0.1, 0.15) is 0 Å². The van der Waals surface area contributed by atoms with Crippen molar-refractivity contribution in [3.63, 3.8) is 0 Å². The van der Waals surface area contributed by atoms with Crippen molar-refractivity contribution >= 4 is 5.69 Å². The van der Waals surface area contributed by atoms with Crippen LogP contribution < -0.4 is 5.73 Å². The van der Waals surface area contributed by atoms with Crippen LogP contribution in [-0.4, -0.2) is 14.9 Å². The van der Waals surface area contributed by atoms with Crippen molar-refractivity contribution in [1.82, 2.24) is 9.78 Å². The molecule has 1 aromatic carbocycles. The lowest BCUT2D eigenvalue weighted by Gasteiger charge is -2.03. The first kappa shape index (κ1) is 7.67. The summed E-state index contributed by atoms with van der Waals surface area (Å²) in [5.74, 6) is 0.0769. The van der Waals surface area contributed by atoms with Gasteiger partial charge in [0.2, 0.25) is 0 Å². The van der Waals surface area contributed by atoms with Gasteiger partial charge in [-0.05, 0) is 18.2 Å². The maximum absolute atomic E-state index is 9.33. The minimum atomic E-state index is 0.0769. The fraction of sp³-hybridized carbons (Fsp3) is 0. The fourth-order valence-corrected chi connectivity index (χ4v) is 1.10. The summed E-state index contributed by atoms with van der Waals surface area (Å²) in [5, 5.41) is 13.4. The number of nitrogens with two attached hydrogens (primary N) is 1. The van der Waals surface area contributed by atoms with Gasteiger partial charge in [0.25, 0.3) is 0 Å². The second-order valence-corrected chi connectivity index (χ2v) is 2.69. The molecule has 0 saturated carbocycles. The third kappa shape index (κ3) is 1.33. The lowest BCUT2D eigenvalue weighted by atomic mass is 10.2. The number of anilines is 1. The minimum absolute atomic E-state index is 0.0769. The molecule has 4 heteroatoms. The Bertz CT molecular complexity index is 409. The molecule has 0 aliphatic rings. The van der Waals surface area contributed by atoms with Crippen molar-refractivity contribution in [2.75, 3.05) is 5.73 Å². The van der Waals surface area contributed by atoms with E-state index in [1.165, 1.54) is 0 Å². The van der Waals surface area contributed by atoms with Gasteiger partial charge in [-0.1, -0.05) is 0 Å². The Hall–Kier alpha value is -1.97. The van der Waals surface area contributed by atoms with Crippen LogP contribution >= 0.6 is 0 Å². The number of phenols is 1. The molecule has 4 nitrogen and oxygen atoms in total. The molecule has 0 fully saturated rings. The molecule has 0 atom stereocenters. The number of phenolic OH excluding ortho intramolecular Hbond substituents is 1. The Balaban J connectivity index is 2.49. The van der Waals surface area contributed by atoms with Crippen LogP contribution in [0.25, 0.3) is 5.69 Å². The summed E-state index contributed by atoms with van der Waals surface area (Å²) in [4.78, 5) is 0. The molecule has 2 rings (SSSR count). The van der Waals surface area contributed by atoms with E-state index >= 15 is 0 Å². The summed E-state index contributed by atoms with van der Waals surface area (Å²) in [5.41, 5.74) is 6.62. The predicted molar refractivity (Wildman–Crippen MR) is 49.6 cm³/mol. The van der Waals surface area contributed by atoms with E-state index in [0.29, 0.717) is 5.69 Å². The zero-order valence-electron chi connectivity index (χ0n) is 6.88. The number of hydrogen-bond acceptors (Lipinski definition) is 3. The van der Waals surface area contributed by atoms with E-state index < -0.39 is 0 Å². The van der Waals surface area contributed by atoms with Gasteiger partial charge in [0.05, 0.1) is 11.4 Å². The minimum Gasteiger partial charge on any atom is -0.506 e. The van der Waals surface area contributed by atoms with Crippen molar-refractivity contribution < 1.29 is 5.11 Å². The highest BCUT2D eigenvalue weighted by molar-refractivity contribution is 5.56. The van der Waals surface area contributed by atoms with Crippen LogP contribution in [0.4, 0.5) is 5.69 Å². The van der Waals surface area contributed by atoms with E-state index in [2.05, 4.69) is 5.10 Å². The van der Waals surface area contributed by atoms with Crippen LogP contribution in [-0.2, 0) is 0 Å². The molecular weight excluding hydrogens is 166 g/mol. The monoisotopic (exact) mass is 175 g/mol. The number of aromatic hydroxyl groups is 1. The summed E-state index contributed by atoms with van der Waals surface area (Å²) in [6.45, 7) is 0. The van der Waals surface area contributed by atoms with Crippen molar-refractivity contribution in [2.45, 2.75) is 0 Å². The van der Waals surface area contributed by atoms with Crippen molar-refractivity contribution in [2.24, 2.45) is 0 Å². The standard InChI is InChI=1S/C9H9N3O/c10-8-3-2-7(6-9(8)13)12-5-1-4-11-12/h1-6,13H,10H2. The second kappa shape index (κ2) is 2.82. The first-order valence-corrected chi connectivity index (χ1v) is 3.86. The maximum atomic E-state index is 9.33. The molecule has 13 heavy (non-hydrogen) atoms. The summed E-state index contributed by atoms with van der Waals surface area (Å²) in [7, 11) is 0. The summed E-state index contributed by atoms with van der Waals surface area (Å²) in [6.07, 6.45) is 3.47. The molecule has 1 aromatic heterocycles. The highest BCUT2D eigenvalue weighted by Gasteiger charge is 2.00. The third-order valence-corrected chi connectivity index (χ3v) is 1.78. The van der Waals surface area contributed by atoms with Gasteiger partial charge in [-0.2, -0.15) is 5.10 Å². The number of aromatic nitrogens is 2. The molecular formula is C9H9N3O. The summed E-state index contributed by atoms with van der Waals surface area (Å²) < 4.78 is 1.65. The molecule has 0 amide bonds. The Kier molecular flexibility index (Phi) is 1.66. The third-order valence-electron chi connectivity index (χ3n) is 1.78. The second-order valence-electron chi connectivity index (χ2n) is 2.69. The van der Waals surface area contributed by atoms with E-state index in [-0.39, 0.29) is 5.75 Å². The average Bonchev–Trinajstić information content (AvgIpc) is 2.62. The van der Waals surface area contributed by atoms with Gasteiger partial charge in [-0.25, -0.2) is 4.68 Å². The van der Waals surface area contributed by atoms with Crippen molar-refractivity contribution in [1.29, 1.82) is 0 Å². The highest BCUT2D eigenvalue weighted by atomic mass is 16.3. The Morgan fingerprint density at radius 3 is 2.85 bits per heavy atom. The van der Waals surface area contributed by atoms with Crippen LogP contribution in [0.15, 0.2) is 36.7 Å². The molecule has 0 aliphatic carbocycles. The van der Waals surface area contributed by atoms with Crippen LogP contribution in [0.5, 0.6) is 5.75 Å². The summed E-state index contributed by atoms with van der Waals surface area (Å²) in [6, 6.07) is 6.82. The first-order valence-electron chi connectivity index (χ1n) is 3.86. The van der Waals surface area contributed by atoms with E-state index in [9.17, 15) is 5.11 Å². The topological polar surface area (TPSA) is 64.1 Å². The van der Waals surface area contributed by atoms with Gasteiger partial charge in [-0.15, -0.1) is 0 Å². The first-order chi connectivity index (χ1) is 6.27. The molecule has 0 spiro atoms. The highest BCUT2D eigenvalue weighted by Crippen LogP contribution is 2.22. The molecule has 66 valence electrons. The number of benzene rings is 1. The largest absolute Gasteiger partial charge is 0.506 e. The maximum Gasteiger partial charge on any atom is 0.140 e. The predicted octanol–water partition coefficient (Wildman–Crippen LogP) is 1.16. The van der Waals surface area contributed by atoms with Gasteiger partial charge < -0.3 is 10.8 Å². The zero-order valence-corrected chi connectivity index (χ0v) is 6.88. The van der Waals surface area contributed by atoms with E-state index in [1.54, 1.807) is 35.3 Å². The van der Waals surface area contributed by atoms with Gasteiger partial charge in [-0.3, -0.25) is 0 Å². The van der Waals surface area contributed by atoms with Crippen LogP contribution in [0.2, 0.25) is 0 Å². The summed E-state index contributed by atoms with van der Waals surface area (Å²) >= 11 is 0. The Morgan fingerprint density at radius 2 is 2.23 bits per heavy atom. The average molecular weight is 175 g/mol. The van der Waals surface area contributed by atoms with E-state index in [0.717, 1.165) is 5.69 Å². The molecule has 0 radical (unpaired) electrons. The molecule has 0 unspecified atom stereocenters. The van der Waals surface area contributed by atoms with Crippen molar-refractivity contribution in [3.8, 4) is 11.4 Å². The van der Waals surface area contributed by atoms with Crippen molar-refractivity contribution in [3.05, 3.63) is 36.7 Å². The van der Waals surface area contributed by atoms with E-state index in [4.69, 9.17) is 5.73 Å². The lowest BCUT2D eigenvalue weighted by molar-refractivity contribution is 0.477. The Morgan fingerprint density at radius 1 is 1.38 bits per heavy atom. The molecule has 3 N–H and O–H groups in total. The fourth-order valence-electron chi connectivity index (χ4n) is 1.10. The normalized spacial score (nSPS) is 10.2. The number of nitrogens with zero attached hydrogens (tertiary/aromatic N) is 2. The smallest absolute Gasteiger partial charge is 0.140 e. The lowest BCUT2D eigenvalue weighted by Crippen LogP contribution is -1.94. The van der Waals surface area contributed by atoms with Gasteiger partial charge in [0, 0.05) is 18.5 Å². The molecule has 0 saturated heterocycles. The molecule has 1 heterocycles. The van der Waals surface area contributed by atoms with Gasteiger partial charge in [0.15, 0.2) is 0 Å². The van der Waals surface area contributed by atoms with Crippen LogP contribution in [0.3, 0.4) is 0 Å². The van der Waals surface area contributed by atoms with Crippen LogP contribution in [0, 0.1) is 0 Å². The molecule has 2 aromatic rings. The number of hydrogen-bond donors (Lipinski definition) is 2. The van der Waals surface area contributed by atoms with Gasteiger partial charge in [0.1, 0.15) is 5.75 Å². The van der Waals surface area contributed by atoms with E-state index in [1.807, 2.05) is 6.07 Å². The quantitative estimate of drug-likeness (QED) is 0.505. The SMILES string of the molecule is Nc1ccc(-n2cccn2)cc1O. The number of rotatable bonds is 1. The Labute approximate surface area is 75.2 Å². The molecule has 0 bridgehead atoms. The van der Waals surface area contributed by atoms with Gasteiger partial charge >= 0.3 is 0 Å².